The molecule has 1 aliphatic rings. The van der Waals surface area contributed by atoms with Crippen molar-refractivity contribution in [1.82, 2.24) is 0 Å². The largest absolute Gasteiger partial charge is 0.506 e. The third kappa shape index (κ3) is 7.03. The molecule has 0 bridgehead atoms. The van der Waals surface area contributed by atoms with Crippen LogP contribution in [0.5, 0.6) is 0 Å². The van der Waals surface area contributed by atoms with Gasteiger partial charge in [-0.15, -0.1) is 0 Å². The van der Waals surface area contributed by atoms with Gasteiger partial charge in [0, 0.05) is 26.2 Å². The highest BCUT2D eigenvalue weighted by atomic mass is 35.5. The Morgan fingerprint density at radius 2 is 1.42 bits per heavy atom. The molecule has 1 aliphatic heterocycles. The summed E-state index contributed by atoms with van der Waals surface area (Å²) in [4.78, 5) is 11.8. The van der Waals surface area contributed by atoms with Crippen LogP contribution in [0.2, 0.25) is 20.1 Å². The van der Waals surface area contributed by atoms with Crippen molar-refractivity contribution in [3.8, 4) is 0 Å². The molecule has 0 saturated heterocycles. The zero-order chi connectivity index (χ0) is 31.5. The van der Waals surface area contributed by atoms with Crippen LogP contribution >= 0.6 is 46.4 Å². The summed E-state index contributed by atoms with van der Waals surface area (Å²) in [7, 11) is -7.55. The predicted molar refractivity (Wildman–Crippen MR) is 169 cm³/mol. The van der Waals surface area contributed by atoms with E-state index in [1.54, 1.807) is 49.4 Å². The number of benzene rings is 4. The maximum absolute atomic E-state index is 12.7. The molecule has 0 aliphatic carbocycles. The zero-order valence-corrected chi connectivity index (χ0v) is 26.9. The molecule has 43 heavy (non-hydrogen) atoms. The van der Waals surface area contributed by atoms with E-state index in [9.17, 15) is 26.7 Å². The van der Waals surface area contributed by atoms with Crippen molar-refractivity contribution in [2.45, 2.75) is 22.5 Å². The monoisotopic (exact) mass is 698 g/mol. The highest BCUT2D eigenvalue weighted by Crippen LogP contribution is 2.45. The van der Waals surface area contributed by atoms with Crippen LogP contribution in [0.3, 0.4) is 0 Å². The van der Waals surface area contributed by atoms with E-state index in [-0.39, 0.29) is 59.6 Å². The van der Waals surface area contributed by atoms with Gasteiger partial charge in [-0.25, -0.2) is 21.6 Å². The lowest BCUT2D eigenvalue weighted by Crippen LogP contribution is -2.13. The quantitative estimate of drug-likeness (QED) is 0.201. The summed E-state index contributed by atoms with van der Waals surface area (Å²) < 4.78 is 55.3. The average molecular weight is 700 g/mol. The van der Waals surface area contributed by atoms with E-state index in [4.69, 9.17) is 51.1 Å². The number of halogens is 4. The summed E-state index contributed by atoms with van der Waals surface area (Å²) in [6.07, 6.45) is 0. The van der Waals surface area contributed by atoms with Crippen LogP contribution in [0.1, 0.15) is 34.0 Å². The van der Waals surface area contributed by atoms with E-state index < -0.39 is 25.6 Å². The Kier molecular flexibility index (Phi) is 10.2. The fourth-order valence-corrected chi connectivity index (χ4v) is 8.71. The molecule has 7 nitrogen and oxygen atoms in total. The highest BCUT2D eigenvalue weighted by Gasteiger charge is 2.37. The van der Waals surface area contributed by atoms with E-state index in [2.05, 4.69) is 0 Å². The fourth-order valence-electron chi connectivity index (χ4n) is 4.24. The van der Waals surface area contributed by atoms with Gasteiger partial charge in [-0.1, -0.05) is 82.8 Å². The number of ether oxygens (including phenoxy) is 1. The molecule has 0 fully saturated rings. The second-order valence-corrected chi connectivity index (χ2v) is 14.5. The van der Waals surface area contributed by atoms with Gasteiger partial charge in [-0.3, -0.25) is 0 Å². The molecule has 0 aromatic heterocycles. The van der Waals surface area contributed by atoms with Crippen molar-refractivity contribution in [1.29, 1.82) is 0 Å². The lowest BCUT2D eigenvalue weighted by atomic mass is 10.1. The van der Waals surface area contributed by atoms with Crippen LogP contribution in [0.4, 0.5) is 0 Å². The lowest BCUT2D eigenvalue weighted by molar-refractivity contribution is 0.0521. The molecule has 0 atom stereocenters. The number of hydrogen-bond donors (Lipinski definition) is 1. The molecule has 0 radical (unpaired) electrons. The first-order chi connectivity index (χ1) is 20.3. The van der Waals surface area contributed by atoms with Gasteiger partial charge in [0.2, 0.25) is 9.84 Å². The Morgan fingerprint density at radius 1 is 0.814 bits per heavy atom. The summed E-state index contributed by atoms with van der Waals surface area (Å²) in [6.45, 7) is 1.82. The molecule has 224 valence electrons. The topological polar surface area (TPSA) is 115 Å². The van der Waals surface area contributed by atoms with Gasteiger partial charge >= 0.3 is 5.97 Å². The molecule has 13 heteroatoms. The van der Waals surface area contributed by atoms with Crippen molar-refractivity contribution in [2.75, 3.05) is 6.61 Å². The van der Waals surface area contributed by atoms with Crippen molar-refractivity contribution in [3.63, 3.8) is 0 Å². The number of esters is 1. The second kappa shape index (κ2) is 13.3. The predicted octanol–water partition coefficient (Wildman–Crippen LogP) is 8.31. The number of aliphatic hydroxyl groups excluding tert-OH is 1. The van der Waals surface area contributed by atoms with Crippen molar-refractivity contribution in [2.24, 2.45) is 0 Å². The molecule has 0 spiro atoms. The molecule has 0 unspecified atom stereocenters. The molecule has 5 rings (SSSR count). The fraction of sp³-hybridized carbons (Fsp3) is 0.100. The van der Waals surface area contributed by atoms with Gasteiger partial charge in [0.05, 0.1) is 32.7 Å². The number of rotatable bonds is 6. The van der Waals surface area contributed by atoms with Gasteiger partial charge in [0.25, 0.3) is 0 Å². The molecule has 0 saturated carbocycles. The number of sulfone groups is 2. The Hall–Kier alpha value is -3.05. The average Bonchev–Trinajstić information content (AvgIpc) is 3.16. The maximum Gasteiger partial charge on any atom is 0.339 e. The second-order valence-electron chi connectivity index (χ2n) is 9.01. The minimum absolute atomic E-state index is 0.0134. The summed E-state index contributed by atoms with van der Waals surface area (Å²) in [5.74, 6) is -1.29. The van der Waals surface area contributed by atoms with Crippen LogP contribution in [-0.2, 0) is 30.2 Å². The SMILES string of the molecule is CCOC(=O)c1ccccc1S(=O)(=O)Cc1ccc(Cl)cc1Cl.O=S1(=O)C(c2ccc(Cl)cc2Cl)=C(O)c2ccccc21. The molecule has 0 amide bonds. The smallest absolute Gasteiger partial charge is 0.339 e. The van der Waals surface area contributed by atoms with Crippen LogP contribution in [0.15, 0.2) is 94.7 Å². The van der Waals surface area contributed by atoms with E-state index >= 15 is 0 Å². The highest BCUT2D eigenvalue weighted by molar-refractivity contribution is 8.01. The number of hydrogen-bond acceptors (Lipinski definition) is 7. The van der Waals surface area contributed by atoms with Gasteiger partial charge in [0.1, 0.15) is 10.7 Å². The van der Waals surface area contributed by atoms with Crippen LogP contribution in [0, 0.1) is 0 Å². The Bertz CT molecular complexity index is 1970. The Labute approximate surface area is 269 Å². The van der Waals surface area contributed by atoms with Gasteiger partial charge in [0.15, 0.2) is 9.84 Å². The minimum atomic E-state index is -3.78. The minimum Gasteiger partial charge on any atom is -0.506 e. The summed E-state index contributed by atoms with van der Waals surface area (Å²) >= 11 is 23.7. The standard InChI is InChI=1S/C16H14Cl2O4S.C14H8Cl2O3S/c1-2-22-16(19)13-5-3-4-6-15(13)23(20,21)10-11-7-8-12(17)9-14(11)18;15-8-5-6-9(11(16)7-8)14-13(17)10-3-1-2-4-12(10)20(14,18)19/h3-9H,2,10H2,1H3;1-7,17H. The first-order valence-electron chi connectivity index (χ1n) is 12.4. The summed E-state index contributed by atoms with van der Waals surface area (Å²) in [5, 5.41) is 11.5. The zero-order valence-electron chi connectivity index (χ0n) is 22.2. The summed E-state index contributed by atoms with van der Waals surface area (Å²) in [6, 6.07) is 21.3. The number of fused-ring (bicyclic) bond motifs is 1. The van der Waals surface area contributed by atoms with Crippen LogP contribution < -0.4 is 0 Å². The molecule has 1 N–H and O–H groups in total. The van der Waals surface area contributed by atoms with Crippen LogP contribution in [0.25, 0.3) is 10.7 Å². The van der Waals surface area contributed by atoms with E-state index in [0.717, 1.165) is 0 Å². The molecule has 4 aromatic carbocycles. The molecular weight excluding hydrogens is 678 g/mol. The number of carbonyl (C=O) groups is 1. The van der Waals surface area contributed by atoms with E-state index in [0.29, 0.717) is 15.6 Å². The van der Waals surface area contributed by atoms with Crippen molar-refractivity contribution >= 4 is 82.7 Å². The maximum atomic E-state index is 12.7. The van der Waals surface area contributed by atoms with Crippen molar-refractivity contribution < 1.29 is 31.5 Å². The number of carbonyl (C=O) groups excluding carboxylic acids is 1. The normalized spacial score (nSPS) is 13.6. The third-order valence-electron chi connectivity index (χ3n) is 6.17. The first-order valence-corrected chi connectivity index (χ1v) is 17.1. The molecular formula is C30H22Cl4O7S2. The van der Waals surface area contributed by atoms with Gasteiger partial charge in [-0.2, -0.15) is 0 Å². The van der Waals surface area contributed by atoms with E-state index in [1.807, 2.05) is 0 Å². The van der Waals surface area contributed by atoms with Crippen molar-refractivity contribution in [3.05, 3.63) is 127 Å². The molecule has 1 heterocycles. The summed E-state index contributed by atoms with van der Waals surface area (Å²) in [5.41, 5.74) is 0.951. The Morgan fingerprint density at radius 3 is 2.05 bits per heavy atom. The van der Waals surface area contributed by atoms with Gasteiger partial charge in [-0.05, 0) is 61.0 Å². The van der Waals surface area contributed by atoms with Gasteiger partial charge < -0.3 is 9.84 Å². The third-order valence-corrected chi connectivity index (χ3v) is 10.9. The molecule has 4 aromatic rings. The van der Waals surface area contributed by atoms with Crippen LogP contribution in [-0.4, -0.2) is 34.5 Å². The first kappa shape index (κ1) is 32.9. The van der Waals surface area contributed by atoms with E-state index in [1.165, 1.54) is 42.5 Å². The number of aliphatic hydroxyl groups is 1. The Balaban J connectivity index is 0.000000198. The lowest BCUT2D eigenvalue weighted by Gasteiger charge is -2.11.